The molecule has 0 saturated carbocycles. The lowest BCUT2D eigenvalue weighted by atomic mass is 9.58. The first-order valence-corrected chi connectivity index (χ1v) is 34.7. The number of para-hydroxylation sites is 3. The smallest absolute Gasteiger partial charge is 0.139 e. The molecule has 0 aliphatic heterocycles. The molecule has 3 heterocycles. The number of benzene rings is 13. The van der Waals surface area contributed by atoms with Crippen LogP contribution in [0, 0.1) is 0 Å². The molecule has 0 N–H and O–H groups in total. The average molecular weight is 1200 g/mol. The van der Waals surface area contributed by atoms with Crippen LogP contribution in [0.1, 0.15) is 0 Å². The van der Waals surface area contributed by atoms with Gasteiger partial charge in [-0.05, 0) is 107 Å². The highest BCUT2D eigenvalue weighted by molar-refractivity contribution is 8.34. The summed E-state index contributed by atoms with van der Waals surface area (Å²) in [5, 5.41) is 7.48. The van der Waals surface area contributed by atoms with Gasteiger partial charge < -0.3 is 9.13 Å². The summed E-state index contributed by atoms with van der Waals surface area (Å²) >= 11 is 1.89. The summed E-state index contributed by atoms with van der Waals surface area (Å²) < 4.78 is 7.85. The number of rotatable bonds is 10. The summed E-state index contributed by atoms with van der Waals surface area (Å²) in [5.74, 6) is 0. The van der Waals surface area contributed by atoms with E-state index in [1.807, 2.05) is 11.3 Å². The van der Waals surface area contributed by atoms with E-state index in [1.165, 1.54) is 183 Å². The van der Waals surface area contributed by atoms with E-state index >= 15 is 0 Å². The molecule has 0 spiro atoms. The van der Waals surface area contributed by atoms with E-state index in [2.05, 4.69) is 342 Å². The van der Waals surface area contributed by atoms with Gasteiger partial charge in [-0.2, -0.15) is 0 Å². The SMILES string of the molecule is Bc1c(B)c(B)c(-c2cc(S(c3ccccc3)(c3ccccc3)c3ccccc3)cc(-c3c(B)c(B)c(B)c(B)c3B)c2-n2c3ccccc3c3cc(-n4c5ccccc5c5cccc(-c6ccccc6-c6cccc7c6sc6ccccc67)c54)ccc32)c(B)c1B. The van der Waals surface area contributed by atoms with E-state index in [-0.39, 0.29) is 0 Å². The van der Waals surface area contributed by atoms with E-state index < -0.39 is 10.0 Å². The van der Waals surface area contributed by atoms with Crippen molar-refractivity contribution in [2.75, 3.05) is 0 Å². The standard InChI is InChI=1S/C78H62B10N2S2/c79-66-64(67(80)71(84)74(87)70(66)83)58-41-47(92(44-20-4-1-5-21-44,45-22-6-2-7-23-45)46-24-8-3-9-25-46)42-59(65-68(81)72(85)75(88)73(86)69(65)82)77(58)90-61-36-16-13-29-51(61)57-40-43(38-39-62(57)90)89-60-35-15-12-28-50(60)54-32-18-31-53(76(54)89)48-26-10-11-27-49(48)55-33-19-34-56-52-30-14-17-37-63(52)91-78(55)56/h1-42H,79-88H2. The zero-order chi connectivity index (χ0) is 62.8. The molecule has 2 nitrogen and oxygen atoms in total. The summed E-state index contributed by atoms with van der Waals surface area (Å²) in [4.78, 5) is 5.19. The van der Waals surface area contributed by atoms with Gasteiger partial charge in [-0.25, -0.2) is 0 Å². The first-order chi connectivity index (χ1) is 44.9. The number of hydrogen-bond acceptors (Lipinski definition) is 1. The molecular weight excluding hydrogens is 1140 g/mol. The number of aromatic nitrogens is 2. The third-order valence-electron chi connectivity index (χ3n) is 21.0. The molecule has 0 unspecified atom stereocenters. The van der Waals surface area contributed by atoms with Gasteiger partial charge in [0, 0.05) is 89.2 Å². The van der Waals surface area contributed by atoms with Crippen molar-refractivity contribution in [3.8, 4) is 55.9 Å². The number of thiophene rings is 1. The van der Waals surface area contributed by atoms with E-state index in [4.69, 9.17) is 0 Å². The van der Waals surface area contributed by atoms with Gasteiger partial charge in [0.05, 0.1) is 27.8 Å². The van der Waals surface area contributed by atoms with E-state index in [1.54, 1.807) is 0 Å². The highest BCUT2D eigenvalue weighted by Crippen LogP contribution is 2.74. The summed E-state index contributed by atoms with van der Waals surface area (Å²) in [6.07, 6.45) is 0. The van der Waals surface area contributed by atoms with Gasteiger partial charge >= 0.3 is 0 Å². The molecule has 16 rings (SSSR count). The molecule has 16 aromatic rings. The minimum Gasteiger partial charge on any atom is -0.309 e. The molecule has 14 heteroatoms. The monoisotopic (exact) mass is 1200 g/mol. The maximum atomic E-state index is 2.67. The average Bonchev–Trinajstić information content (AvgIpc) is 1.15. The van der Waals surface area contributed by atoms with Crippen molar-refractivity contribution in [1.82, 2.24) is 9.13 Å². The van der Waals surface area contributed by atoms with Gasteiger partial charge in [0.15, 0.2) is 0 Å². The van der Waals surface area contributed by atoms with Crippen molar-refractivity contribution in [1.29, 1.82) is 0 Å². The van der Waals surface area contributed by atoms with Gasteiger partial charge in [0.25, 0.3) is 0 Å². The van der Waals surface area contributed by atoms with Gasteiger partial charge in [-0.15, -0.1) is 54.1 Å². The zero-order valence-electron chi connectivity index (χ0n) is 54.0. The van der Waals surface area contributed by atoms with Crippen LogP contribution < -0.4 is 54.6 Å². The first-order valence-electron chi connectivity index (χ1n) is 32.2. The fourth-order valence-corrected chi connectivity index (χ4v) is 20.8. The molecule has 92 heavy (non-hydrogen) atoms. The first kappa shape index (κ1) is 57.8. The Labute approximate surface area is 553 Å². The van der Waals surface area contributed by atoms with E-state index in [9.17, 15) is 0 Å². The summed E-state index contributed by atoms with van der Waals surface area (Å²) in [6.45, 7) is 0. The fourth-order valence-electron chi connectivity index (χ4n) is 15.7. The normalized spacial score (nSPS) is 12.1. The number of nitrogens with zero attached hydrogens (tertiary/aromatic N) is 2. The highest BCUT2D eigenvalue weighted by Gasteiger charge is 2.37. The summed E-state index contributed by atoms with van der Waals surface area (Å²) in [6, 6.07) is 96.8. The van der Waals surface area contributed by atoms with Gasteiger partial charge in [-0.1, -0.05) is 192 Å². The van der Waals surface area contributed by atoms with Crippen molar-refractivity contribution < 1.29 is 0 Å². The Kier molecular flexibility index (Phi) is 14.1. The van der Waals surface area contributed by atoms with Crippen LogP contribution in [0.5, 0.6) is 0 Å². The van der Waals surface area contributed by atoms with E-state index in [0.29, 0.717) is 0 Å². The molecule has 0 aliphatic carbocycles. The van der Waals surface area contributed by atoms with Crippen LogP contribution in [0.15, 0.2) is 274 Å². The second kappa shape index (κ2) is 22.5. The molecule has 0 fully saturated rings. The maximum Gasteiger partial charge on any atom is 0.139 e. The quantitative estimate of drug-likeness (QED) is 0.174. The Hall–Kier alpha value is -9.32. The Bertz CT molecular complexity index is 5480. The zero-order valence-corrected chi connectivity index (χ0v) is 55.6. The van der Waals surface area contributed by atoms with E-state index in [0.717, 1.165) is 11.2 Å². The maximum absolute atomic E-state index is 2.67. The Morgan fingerprint density at radius 2 is 0.652 bits per heavy atom. The molecule has 426 valence electrons. The van der Waals surface area contributed by atoms with Crippen LogP contribution in [0.2, 0.25) is 0 Å². The molecule has 0 radical (unpaired) electrons. The topological polar surface area (TPSA) is 9.86 Å². The van der Waals surface area contributed by atoms with Crippen molar-refractivity contribution in [3.05, 3.63) is 255 Å². The Morgan fingerprint density at radius 3 is 1.20 bits per heavy atom. The molecule has 13 aromatic carbocycles. The second-order valence-electron chi connectivity index (χ2n) is 25.4. The predicted molar refractivity (Wildman–Crippen MR) is 432 cm³/mol. The fraction of sp³-hybridized carbons (Fsp3) is 0. The Morgan fingerprint density at radius 1 is 0.261 bits per heavy atom. The van der Waals surface area contributed by atoms with Crippen LogP contribution in [-0.4, -0.2) is 87.6 Å². The molecule has 0 atom stereocenters. The van der Waals surface area contributed by atoms with Gasteiger partial charge in [-0.3, -0.25) is 0 Å². The minimum absolute atomic E-state index is 1.12. The van der Waals surface area contributed by atoms with Gasteiger partial charge in [0.1, 0.15) is 78.5 Å². The largest absolute Gasteiger partial charge is 0.309 e. The van der Waals surface area contributed by atoms with Crippen molar-refractivity contribution in [2.45, 2.75) is 19.6 Å². The van der Waals surface area contributed by atoms with Crippen LogP contribution >= 0.6 is 21.4 Å². The summed E-state index contributed by atoms with van der Waals surface area (Å²) in [7, 11) is 21.3. The molecule has 0 saturated heterocycles. The number of hydrogen-bond donors (Lipinski definition) is 0. The molecular formula is C78H62B10N2S2. The van der Waals surface area contributed by atoms with Crippen LogP contribution in [0.3, 0.4) is 0 Å². The van der Waals surface area contributed by atoms with Crippen LogP contribution in [0.4, 0.5) is 0 Å². The van der Waals surface area contributed by atoms with Crippen molar-refractivity contribution in [2.24, 2.45) is 0 Å². The third kappa shape index (κ3) is 8.63. The molecule has 0 aliphatic rings. The minimum atomic E-state index is -2.19. The second-order valence-corrected chi connectivity index (χ2v) is 29.5. The lowest BCUT2D eigenvalue weighted by Crippen LogP contribution is -2.55. The van der Waals surface area contributed by atoms with Crippen molar-refractivity contribution in [3.63, 3.8) is 0 Å². The highest BCUT2D eigenvalue weighted by atomic mass is 32.3. The Balaban J connectivity index is 1.04. The summed E-state index contributed by atoms with van der Waals surface area (Å²) in [5.41, 5.74) is 30.3. The molecule has 3 aromatic heterocycles. The lowest BCUT2D eigenvalue weighted by Gasteiger charge is -2.43. The van der Waals surface area contributed by atoms with Crippen molar-refractivity contribution >= 4 is 218 Å². The predicted octanol–water partition coefficient (Wildman–Crippen LogP) is 4.84. The number of fused-ring (bicyclic) bond motifs is 9. The van der Waals surface area contributed by atoms with Crippen LogP contribution in [0.25, 0.3) is 120 Å². The third-order valence-corrected chi connectivity index (χ3v) is 26.1. The van der Waals surface area contributed by atoms with Gasteiger partial charge in [0.2, 0.25) is 0 Å². The molecule has 0 amide bonds. The van der Waals surface area contributed by atoms with Crippen LogP contribution in [-0.2, 0) is 0 Å². The molecule has 0 bridgehead atoms. The lowest BCUT2D eigenvalue weighted by molar-refractivity contribution is 1.16.